The van der Waals surface area contributed by atoms with Crippen LogP contribution in [0.3, 0.4) is 0 Å². The lowest BCUT2D eigenvalue weighted by Crippen LogP contribution is -2.29. The summed E-state index contributed by atoms with van der Waals surface area (Å²) in [7, 11) is 3.19. The highest BCUT2D eigenvalue weighted by molar-refractivity contribution is 6.31. The van der Waals surface area contributed by atoms with E-state index in [9.17, 15) is 4.79 Å². The number of hydrogen-bond donors (Lipinski definition) is 2. The van der Waals surface area contributed by atoms with E-state index in [2.05, 4.69) is 10.6 Å². The van der Waals surface area contributed by atoms with E-state index in [1.165, 1.54) is 5.56 Å². The van der Waals surface area contributed by atoms with Gasteiger partial charge >= 0.3 is 0 Å². The fraction of sp³-hybridized carbons (Fsp3) is 0.278. The van der Waals surface area contributed by atoms with Gasteiger partial charge in [-0.25, -0.2) is 0 Å². The van der Waals surface area contributed by atoms with Crippen LogP contribution >= 0.6 is 11.6 Å². The predicted molar refractivity (Wildman–Crippen MR) is 96.2 cm³/mol. The van der Waals surface area contributed by atoms with E-state index < -0.39 is 0 Å². The van der Waals surface area contributed by atoms with Crippen LogP contribution in [-0.4, -0.2) is 33.2 Å². The minimum Gasteiger partial charge on any atom is -0.497 e. The van der Waals surface area contributed by atoms with Crippen LogP contribution in [0, 0.1) is 0 Å². The zero-order chi connectivity index (χ0) is 17.4. The summed E-state index contributed by atoms with van der Waals surface area (Å²) in [6.45, 7) is 0.915. The van der Waals surface area contributed by atoms with Gasteiger partial charge in [0.05, 0.1) is 26.5 Å². The number of anilines is 1. The van der Waals surface area contributed by atoms with Crippen LogP contribution in [0.2, 0.25) is 5.02 Å². The van der Waals surface area contributed by atoms with E-state index in [-0.39, 0.29) is 12.5 Å². The van der Waals surface area contributed by atoms with Gasteiger partial charge in [-0.2, -0.15) is 0 Å². The lowest BCUT2D eigenvalue weighted by atomic mass is 10.1. The summed E-state index contributed by atoms with van der Waals surface area (Å²) in [5.41, 5.74) is 1.74. The molecule has 0 atom stereocenters. The van der Waals surface area contributed by atoms with Gasteiger partial charge in [-0.05, 0) is 48.9 Å². The van der Waals surface area contributed by atoms with Crippen molar-refractivity contribution in [2.75, 3.05) is 32.6 Å². The van der Waals surface area contributed by atoms with Crippen molar-refractivity contribution >= 4 is 23.2 Å². The molecule has 2 N–H and O–H groups in total. The van der Waals surface area contributed by atoms with Crippen molar-refractivity contribution in [2.45, 2.75) is 6.42 Å². The Bertz CT molecular complexity index is 674. The normalized spacial score (nSPS) is 10.3. The summed E-state index contributed by atoms with van der Waals surface area (Å²) in [4.78, 5) is 12.0. The van der Waals surface area contributed by atoms with Gasteiger partial charge in [0.1, 0.15) is 11.5 Å². The molecule has 2 aromatic rings. The summed E-state index contributed by atoms with van der Waals surface area (Å²) in [5, 5.41) is 6.45. The molecule has 0 heterocycles. The van der Waals surface area contributed by atoms with E-state index in [0.29, 0.717) is 23.0 Å². The van der Waals surface area contributed by atoms with Crippen molar-refractivity contribution in [3.63, 3.8) is 0 Å². The molecule has 0 bridgehead atoms. The molecule has 0 aliphatic rings. The Morgan fingerprint density at radius 3 is 2.50 bits per heavy atom. The molecule has 0 aliphatic heterocycles. The molecule has 0 spiro atoms. The van der Waals surface area contributed by atoms with Crippen LogP contribution in [0.15, 0.2) is 42.5 Å². The summed E-state index contributed by atoms with van der Waals surface area (Å²) in [5.74, 6) is 1.26. The number of nitrogens with one attached hydrogen (secondary N) is 2. The van der Waals surface area contributed by atoms with Gasteiger partial charge in [0, 0.05) is 5.02 Å². The molecule has 2 aromatic carbocycles. The van der Waals surface area contributed by atoms with Crippen LogP contribution in [0.25, 0.3) is 0 Å². The van der Waals surface area contributed by atoms with Gasteiger partial charge in [0.25, 0.3) is 0 Å². The number of halogens is 1. The van der Waals surface area contributed by atoms with Crippen molar-refractivity contribution in [3.05, 3.63) is 53.1 Å². The van der Waals surface area contributed by atoms with Crippen molar-refractivity contribution < 1.29 is 14.3 Å². The zero-order valence-electron chi connectivity index (χ0n) is 13.8. The second kappa shape index (κ2) is 9.15. The van der Waals surface area contributed by atoms with E-state index in [0.717, 1.165) is 12.2 Å². The van der Waals surface area contributed by atoms with Crippen LogP contribution in [0.4, 0.5) is 5.69 Å². The second-order valence-electron chi connectivity index (χ2n) is 5.17. The second-order valence-corrected chi connectivity index (χ2v) is 5.60. The first-order valence-electron chi connectivity index (χ1n) is 7.59. The largest absolute Gasteiger partial charge is 0.497 e. The molecule has 0 radical (unpaired) electrons. The van der Waals surface area contributed by atoms with Gasteiger partial charge in [0.15, 0.2) is 0 Å². The molecule has 1 amide bonds. The zero-order valence-corrected chi connectivity index (χ0v) is 14.5. The Morgan fingerprint density at radius 1 is 1.08 bits per heavy atom. The standard InChI is InChI=1S/C18H21ClN2O3/c1-23-15-6-3-13(4-7-15)9-10-20-12-18(22)21-16-11-14(19)5-8-17(16)24-2/h3-8,11,20H,9-10,12H2,1-2H3,(H,21,22). The Labute approximate surface area is 146 Å². The van der Waals surface area contributed by atoms with Gasteiger partial charge in [-0.1, -0.05) is 23.7 Å². The molecule has 0 aromatic heterocycles. The van der Waals surface area contributed by atoms with Crippen LogP contribution in [0.1, 0.15) is 5.56 Å². The number of carbonyl (C=O) groups excluding carboxylic acids is 1. The number of amides is 1. The highest BCUT2D eigenvalue weighted by Gasteiger charge is 2.08. The molecule has 128 valence electrons. The minimum atomic E-state index is -0.148. The lowest BCUT2D eigenvalue weighted by Gasteiger charge is -2.11. The van der Waals surface area contributed by atoms with Gasteiger partial charge in [-0.3, -0.25) is 4.79 Å². The number of hydrogen-bond acceptors (Lipinski definition) is 4. The fourth-order valence-electron chi connectivity index (χ4n) is 2.20. The first-order chi connectivity index (χ1) is 11.6. The Hall–Kier alpha value is -2.24. The van der Waals surface area contributed by atoms with Gasteiger partial charge in [0.2, 0.25) is 5.91 Å². The topological polar surface area (TPSA) is 59.6 Å². The summed E-state index contributed by atoms with van der Waals surface area (Å²) < 4.78 is 10.3. The minimum absolute atomic E-state index is 0.148. The molecule has 2 rings (SSSR count). The monoisotopic (exact) mass is 348 g/mol. The van der Waals surface area contributed by atoms with E-state index in [1.54, 1.807) is 32.4 Å². The molecule has 24 heavy (non-hydrogen) atoms. The van der Waals surface area contributed by atoms with Crippen molar-refractivity contribution in [1.82, 2.24) is 5.32 Å². The van der Waals surface area contributed by atoms with Crippen LogP contribution in [0.5, 0.6) is 11.5 Å². The Kier molecular flexibility index (Phi) is 6.90. The van der Waals surface area contributed by atoms with E-state index in [1.807, 2.05) is 24.3 Å². The SMILES string of the molecule is COc1ccc(CCNCC(=O)Nc2cc(Cl)ccc2OC)cc1. The molecule has 0 unspecified atom stereocenters. The number of methoxy groups -OCH3 is 2. The average Bonchev–Trinajstić information content (AvgIpc) is 2.59. The van der Waals surface area contributed by atoms with Gasteiger partial charge in [-0.15, -0.1) is 0 Å². The Balaban J connectivity index is 1.76. The maximum Gasteiger partial charge on any atom is 0.238 e. The van der Waals surface area contributed by atoms with E-state index >= 15 is 0 Å². The predicted octanol–water partition coefficient (Wildman–Crippen LogP) is 3.13. The smallest absolute Gasteiger partial charge is 0.238 e. The summed E-state index contributed by atoms with van der Waals surface area (Å²) >= 11 is 5.94. The molecular formula is C18H21ClN2O3. The molecule has 0 saturated carbocycles. The highest BCUT2D eigenvalue weighted by atomic mass is 35.5. The van der Waals surface area contributed by atoms with Crippen LogP contribution < -0.4 is 20.1 Å². The summed E-state index contributed by atoms with van der Waals surface area (Å²) in [6, 6.07) is 13.0. The highest BCUT2D eigenvalue weighted by Crippen LogP contribution is 2.27. The van der Waals surface area contributed by atoms with Crippen molar-refractivity contribution in [1.29, 1.82) is 0 Å². The summed E-state index contributed by atoms with van der Waals surface area (Å²) in [6.07, 6.45) is 0.831. The maximum atomic E-state index is 12.0. The molecular weight excluding hydrogens is 328 g/mol. The lowest BCUT2D eigenvalue weighted by molar-refractivity contribution is -0.115. The third kappa shape index (κ3) is 5.44. The van der Waals surface area contributed by atoms with Crippen molar-refractivity contribution in [2.24, 2.45) is 0 Å². The molecule has 0 saturated heterocycles. The van der Waals surface area contributed by atoms with Gasteiger partial charge < -0.3 is 20.1 Å². The number of ether oxygens (including phenoxy) is 2. The molecule has 0 aliphatic carbocycles. The third-order valence-corrected chi connectivity index (χ3v) is 3.71. The quantitative estimate of drug-likeness (QED) is 0.720. The maximum absolute atomic E-state index is 12.0. The number of rotatable bonds is 8. The molecule has 5 nitrogen and oxygen atoms in total. The fourth-order valence-corrected chi connectivity index (χ4v) is 2.37. The third-order valence-electron chi connectivity index (χ3n) is 3.47. The Morgan fingerprint density at radius 2 is 1.83 bits per heavy atom. The molecule has 6 heteroatoms. The first-order valence-corrected chi connectivity index (χ1v) is 7.97. The van der Waals surface area contributed by atoms with Crippen LogP contribution in [-0.2, 0) is 11.2 Å². The van der Waals surface area contributed by atoms with Crippen molar-refractivity contribution in [3.8, 4) is 11.5 Å². The number of benzene rings is 2. The molecule has 0 fully saturated rings. The first kappa shape index (κ1) is 18.1. The number of carbonyl (C=O) groups is 1. The average molecular weight is 349 g/mol. The van der Waals surface area contributed by atoms with E-state index in [4.69, 9.17) is 21.1 Å².